The van der Waals surface area contributed by atoms with Crippen molar-refractivity contribution in [2.75, 3.05) is 12.4 Å². The fourth-order valence-corrected chi connectivity index (χ4v) is 3.21. The number of ether oxygens (including phenoxy) is 1. The molecule has 0 spiro atoms. The van der Waals surface area contributed by atoms with Gasteiger partial charge in [0, 0.05) is 17.9 Å². The number of aromatic nitrogens is 3. The van der Waals surface area contributed by atoms with Crippen LogP contribution < -0.4 is 4.74 Å². The summed E-state index contributed by atoms with van der Waals surface area (Å²) in [6, 6.07) is 20.1. The summed E-state index contributed by atoms with van der Waals surface area (Å²) in [5, 5.41) is 9.72. The number of para-hydroxylation sites is 1. The first-order valence-corrected chi connectivity index (χ1v) is 9.16. The molecule has 0 aliphatic rings. The van der Waals surface area contributed by atoms with Gasteiger partial charge in [-0.2, -0.15) is 0 Å². The molecule has 0 radical (unpaired) electrons. The summed E-state index contributed by atoms with van der Waals surface area (Å²) < 4.78 is 7.94. The molecule has 0 amide bonds. The second-order valence-electron chi connectivity index (χ2n) is 5.33. The van der Waals surface area contributed by atoms with Crippen LogP contribution in [0, 0.1) is 0 Å². The lowest BCUT2D eigenvalue weighted by molar-refractivity contribution is 0.344. The maximum atomic E-state index is 5.74. The van der Waals surface area contributed by atoms with Gasteiger partial charge in [-0.05, 0) is 18.6 Å². The summed E-state index contributed by atoms with van der Waals surface area (Å²) in [6.07, 6.45) is 1.05. The number of nitrogens with zero attached hydrogens (tertiary/aromatic N) is 3. The molecule has 2 aromatic carbocycles. The highest BCUT2D eigenvalue weighted by Crippen LogP contribution is 2.24. The molecule has 0 saturated heterocycles. The molecule has 3 rings (SSSR count). The minimum atomic E-state index is 0.647. The van der Waals surface area contributed by atoms with Gasteiger partial charge in [0.05, 0.1) is 6.61 Å². The second kappa shape index (κ2) is 8.55. The zero-order chi connectivity index (χ0) is 16.6. The highest BCUT2D eigenvalue weighted by molar-refractivity contribution is 7.99. The molecule has 124 valence electrons. The topological polar surface area (TPSA) is 39.9 Å². The first-order valence-electron chi connectivity index (χ1n) is 8.17. The highest BCUT2D eigenvalue weighted by atomic mass is 32.2. The Morgan fingerprint density at radius 1 is 0.958 bits per heavy atom. The molecule has 0 atom stereocenters. The maximum absolute atomic E-state index is 5.74. The minimum absolute atomic E-state index is 0.647. The Bertz CT molecular complexity index is 744. The standard InChI is InChI=1S/C19H21N3OS/c1-2-13-22-18(16-9-5-3-6-10-16)20-21-19(22)24-15-14-23-17-11-7-4-8-12-17/h3-12H,2,13-15H2,1H3. The van der Waals surface area contributed by atoms with Gasteiger partial charge in [-0.1, -0.05) is 67.2 Å². The van der Waals surface area contributed by atoms with Crippen molar-refractivity contribution in [3.05, 3.63) is 60.7 Å². The van der Waals surface area contributed by atoms with Crippen molar-refractivity contribution in [2.45, 2.75) is 25.0 Å². The first-order chi connectivity index (χ1) is 11.9. The molecular formula is C19H21N3OS. The van der Waals surface area contributed by atoms with Crippen LogP contribution in [0.15, 0.2) is 65.8 Å². The summed E-state index contributed by atoms with van der Waals surface area (Å²) in [4.78, 5) is 0. The van der Waals surface area contributed by atoms with E-state index in [1.807, 2.05) is 48.5 Å². The molecule has 0 fully saturated rings. The van der Waals surface area contributed by atoms with Crippen LogP contribution in [0.1, 0.15) is 13.3 Å². The van der Waals surface area contributed by atoms with Crippen LogP contribution in [0.3, 0.4) is 0 Å². The summed E-state index contributed by atoms with van der Waals surface area (Å²) in [5.74, 6) is 2.67. The molecule has 4 nitrogen and oxygen atoms in total. The SMILES string of the molecule is CCCn1c(SCCOc2ccccc2)nnc1-c1ccccc1. The van der Waals surface area contributed by atoms with Gasteiger partial charge in [0.25, 0.3) is 0 Å². The van der Waals surface area contributed by atoms with Gasteiger partial charge in [0.1, 0.15) is 5.75 Å². The molecule has 0 saturated carbocycles. The molecular weight excluding hydrogens is 318 g/mol. The van der Waals surface area contributed by atoms with E-state index >= 15 is 0 Å². The lowest BCUT2D eigenvalue weighted by Crippen LogP contribution is -2.04. The van der Waals surface area contributed by atoms with Gasteiger partial charge in [0.2, 0.25) is 0 Å². The van der Waals surface area contributed by atoms with E-state index in [9.17, 15) is 0 Å². The third-order valence-electron chi connectivity index (χ3n) is 3.52. The first kappa shape index (κ1) is 16.6. The van der Waals surface area contributed by atoms with Crippen molar-refractivity contribution in [3.63, 3.8) is 0 Å². The summed E-state index contributed by atoms with van der Waals surface area (Å²) in [6.45, 7) is 3.73. The molecule has 5 heteroatoms. The van der Waals surface area contributed by atoms with Gasteiger partial charge in [-0.25, -0.2) is 0 Å². The van der Waals surface area contributed by atoms with Crippen LogP contribution in [0.2, 0.25) is 0 Å². The normalized spacial score (nSPS) is 10.7. The molecule has 0 N–H and O–H groups in total. The van der Waals surface area contributed by atoms with Gasteiger partial charge in [-0.3, -0.25) is 0 Å². The number of hydrogen-bond donors (Lipinski definition) is 0. The molecule has 3 aromatic rings. The lowest BCUT2D eigenvalue weighted by atomic mass is 10.2. The Morgan fingerprint density at radius 3 is 2.38 bits per heavy atom. The minimum Gasteiger partial charge on any atom is -0.493 e. The van der Waals surface area contributed by atoms with E-state index < -0.39 is 0 Å². The predicted molar refractivity (Wildman–Crippen MR) is 98.4 cm³/mol. The van der Waals surface area contributed by atoms with Crippen LogP contribution >= 0.6 is 11.8 Å². The summed E-state index contributed by atoms with van der Waals surface area (Å²) in [7, 11) is 0. The average molecular weight is 339 g/mol. The van der Waals surface area contributed by atoms with Crippen LogP contribution in [0.5, 0.6) is 5.75 Å². The van der Waals surface area contributed by atoms with E-state index in [4.69, 9.17) is 4.74 Å². The smallest absolute Gasteiger partial charge is 0.191 e. The van der Waals surface area contributed by atoms with Gasteiger partial charge in [0.15, 0.2) is 11.0 Å². The van der Waals surface area contributed by atoms with Crippen molar-refractivity contribution in [3.8, 4) is 17.1 Å². The van der Waals surface area contributed by atoms with Crippen LogP contribution in [0.25, 0.3) is 11.4 Å². The average Bonchev–Trinajstić information content (AvgIpc) is 3.03. The molecule has 1 heterocycles. The zero-order valence-corrected chi connectivity index (χ0v) is 14.6. The van der Waals surface area contributed by atoms with E-state index in [0.717, 1.165) is 41.0 Å². The van der Waals surface area contributed by atoms with E-state index in [0.29, 0.717) is 6.61 Å². The molecule has 24 heavy (non-hydrogen) atoms. The molecule has 0 unspecified atom stereocenters. The Balaban J connectivity index is 1.64. The van der Waals surface area contributed by atoms with E-state index in [1.165, 1.54) is 0 Å². The van der Waals surface area contributed by atoms with Crippen LogP contribution in [-0.4, -0.2) is 27.1 Å². The van der Waals surface area contributed by atoms with Crippen molar-refractivity contribution < 1.29 is 4.74 Å². The van der Waals surface area contributed by atoms with Crippen LogP contribution in [0.4, 0.5) is 0 Å². The van der Waals surface area contributed by atoms with E-state index in [1.54, 1.807) is 11.8 Å². The Hall–Kier alpha value is -2.27. The fourth-order valence-electron chi connectivity index (χ4n) is 2.43. The number of hydrogen-bond acceptors (Lipinski definition) is 4. The summed E-state index contributed by atoms with van der Waals surface area (Å²) in [5.41, 5.74) is 1.10. The second-order valence-corrected chi connectivity index (χ2v) is 6.40. The predicted octanol–water partition coefficient (Wildman–Crippen LogP) is 4.53. The van der Waals surface area contributed by atoms with Crippen LogP contribution in [-0.2, 0) is 6.54 Å². The Morgan fingerprint density at radius 2 is 1.67 bits per heavy atom. The quantitative estimate of drug-likeness (QED) is 0.447. The fraction of sp³-hybridized carbons (Fsp3) is 0.263. The molecule has 0 aliphatic carbocycles. The molecule has 1 aromatic heterocycles. The highest BCUT2D eigenvalue weighted by Gasteiger charge is 2.13. The third-order valence-corrected chi connectivity index (χ3v) is 4.45. The van der Waals surface area contributed by atoms with Gasteiger partial charge >= 0.3 is 0 Å². The molecule has 0 bridgehead atoms. The maximum Gasteiger partial charge on any atom is 0.191 e. The van der Waals surface area contributed by atoms with Crippen molar-refractivity contribution in [2.24, 2.45) is 0 Å². The lowest BCUT2D eigenvalue weighted by Gasteiger charge is -2.09. The number of thioether (sulfide) groups is 1. The van der Waals surface area contributed by atoms with Gasteiger partial charge in [-0.15, -0.1) is 10.2 Å². The number of benzene rings is 2. The zero-order valence-electron chi connectivity index (χ0n) is 13.8. The monoisotopic (exact) mass is 339 g/mol. The number of rotatable bonds is 8. The third kappa shape index (κ3) is 4.17. The largest absolute Gasteiger partial charge is 0.493 e. The van der Waals surface area contributed by atoms with Gasteiger partial charge < -0.3 is 9.30 Å². The van der Waals surface area contributed by atoms with Crippen molar-refractivity contribution >= 4 is 11.8 Å². The summed E-state index contributed by atoms with van der Waals surface area (Å²) >= 11 is 1.69. The van der Waals surface area contributed by atoms with E-state index in [-0.39, 0.29) is 0 Å². The van der Waals surface area contributed by atoms with Crippen molar-refractivity contribution in [1.29, 1.82) is 0 Å². The van der Waals surface area contributed by atoms with Crippen molar-refractivity contribution in [1.82, 2.24) is 14.8 Å². The molecule has 0 aliphatic heterocycles. The van der Waals surface area contributed by atoms with E-state index in [2.05, 4.69) is 33.8 Å². The Kier molecular flexibility index (Phi) is 5.90. The Labute approximate surface area is 146 Å².